The molecule has 1 N–H and O–H groups in total. The summed E-state index contributed by atoms with van der Waals surface area (Å²) < 4.78 is 13.8. The van der Waals surface area contributed by atoms with Gasteiger partial charge in [0, 0.05) is 34.8 Å². The lowest BCUT2D eigenvalue weighted by molar-refractivity contribution is -0.135. The molecule has 1 atom stereocenters. The average molecular weight is 405 g/mol. The van der Waals surface area contributed by atoms with Crippen LogP contribution in [0.1, 0.15) is 25.7 Å². The van der Waals surface area contributed by atoms with Gasteiger partial charge in [0.05, 0.1) is 11.3 Å². The van der Waals surface area contributed by atoms with Gasteiger partial charge in [0.25, 0.3) is 0 Å². The summed E-state index contributed by atoms with van der Waals surface area (Å²) in [6, 6.07) is 6.62. The molecule has 1 unspecified atom stereocenters. The van der Waals surface area contributed by atoms with Crippen molar-refractivity contribution in [1.29, 1.82) is 0 Å². The topological polar surface area (TPSA) is 30.5 Å². The first-order chi connectivity index (χ1) is 9.69. The fraction of sp³-hybridized carbons (Fsp3) is 0.600. The van der Waals surface area contributed by atoms with E-state index in [1.807, 2.05) is 6.07 Å². The molecule has 2 aliphatic rings. The molecule has 0 amide bonds. The fourth-order valence-electron chi connectivity index (χ4n) is 3.08. The molecule has 0 radical (unpaired) electrons. The van der Waals surface area contributed by atoms with E-state index in [9.17, 15) is 0 Å². The minimum Gasteiger partial charge on any atom is -0.381 e. The molecule has 1 aromatic carbocycles. The Morgan fingerprint density at radius 2 is 1.80 bits per heavy atom. The number of ether oxygens (including phenoxy) is 2. The molecule has 0 bridgehead atoms. The Hall–Kier alpha value is -0.100. The largest absolute Gasteiger partial charge is 0.381 e. The fourth-order valence-corrected chi connectivity index (χ4v) is 4.31. The average Bonchev–Trinajstić information content (AvgIpc) is 2.44. The Morgan fingerprint density at radius 1 is 1.10 bits per heavy atom. The first kappa shape index (κ1) is 14.8. The van der Waals surface area contributed by atoms with E-state index in [0.717, 1.165) is 60.1 Å². The van der Waals surface area contributed by atoms with Crippen molar-refractivity contribution < 1.29 is 9.47 Å². The van der Waals surface area contributed by atoms with Crippen LogP contribution >= 0.6 is 31.9 Å². The van der Waals surface area contributed by atoms with Crippen molar-refractivity contribution in [2.75, 3.05) is 25.1 Å². The molecule has 2 saturated heterocycles. The third-order valence-corrected chi connectivity index (χ3v) is 5.53. The van der Waals surface area contributed by atoms with Crippen LogP contribution < -0.4 is 5.32 Å². The number of para-hydroxylation sites is 1. The first-order valence-corrected chi connectivity index (χ1v) is 8.69. The minimum absolute atomic E-state index is 0.0297. The Labute approximate surface area is 136 Å². The molecule has 3 rings (SSSR count). The van der Waals surface area contributed by atoms with Crippen LogP contribution in [0.3, 0.4) is 0 Å². The van der Waals surface area contributed by atoms with Gasteiger partial charge in [0.1, 0.15) is 0 Å². The predicted molar refractivity (Wildman–Crippen MR) is 87.2 cm³/mol. The normalized spacial score (nSPS) is 25.6. The molecule has 3 nitrogen and oxygen atoms in total. The number of anilines is 1. The zero-order valence-electron chi connectivity index (χ0n) is 11.3. The standard InChI is InChI=1S/C15H19Br2NO2/c16-12-2-1-3-13(17)14(12)18-11-4-7-20-15(10-11)5-8-19-9-6-15/h1-3,11,18H,4-10H2. The molecule has 5 heteroatoms. The molecule has 1 spiro atoms. The lowest BCUT2D eigenvalue weighted by Crippen LogP contribution is -2.47. The Balaban J connectivity index is 1.71. The SMILES string of the molecule is Brc1cccc(Br)c1NC1CCOC2(CCOCC2)C1. The van der Waals surface area contributed by atoms with Crippen molar-refractivity contribution in [2.45, 2.75) is 37.3 Å². The summed E-state index contributed by atoms with van der Waals surface area (Å²) in [5.74, 6) is 0. The predicted octanol–water partition coefficient (Wildman–Crippen LogP) is 4.35. The highest BCUT2D eigenvalue weighted by Gasteiger charge is 2.39. The Bertz CT molecular complexity index is 449. The van der Waals surface area contributed by atoms with Gasteiger partial charge in [0.2, 0.25) is 0 Å². The van der Waals surface area contributed by atoms with E-state index in [2.05, 4.69) is 49.3 Å². The molecule has 2 heterocycles. The zero-order chi connectivity index (χ0) is 14.0. The van der Waals surface area contributed by atoms with Gasteiger partial charge in [0.15, 0.2) is 0 Å². The highest BCUT2D eigenvalue weighted by atomic mass is 79.9. The molecule has 20 heavy (non-hydrogen) atoms. The van der Waals surface area contributed by atoms with E-state index < -0.39 is 0 Å². The van der Waals surface area contributed by atoms with Crippen molar-refractivity contribution in [3.8, 4) is 0 Å². The van der Waals surface area contributed by atoms with Crippen LogP contribution in [0.15, 0.2) is 27.1 Å². The van der Waals surface area contributed by atoms with Crippen molar-refractivity contribution >= 4 is 37.5 Å². The second kappa shape index (κ2) is 6.34. The zero-order valence-corrected chi connectivity index (χ0v) is 14.5. The van der Waals surface area contributed by atoms with Gasteiger partial charge in [-0.05, 0) is 69.7 Å². The highest BCUT2D eigenvalue weighted by Crippen LogP contribution is 2.37. The van der Waals surface area contributed by atoms with E-state index in [-0.39, 0.29) is 5.60 Å². The highest BCUT2D eigenvalue weighted by molar-refractivity contribution is 9.11. The lowest BCUT2D eigenvalue weighted by Gasteiger charge is -2.43. The number of benzene rings is 1. The molecule has 0 saturated carbocycles. The van der Waals surface area contributed by atoms with Gasteiger partial charge < -0.3 is 14.8 Å². The number of hydrogen-bond donors (Lipinski definition) is 1. The molecule has 1 aromatic rings. The van der Waals surface area contributed by atoms with Gasteiger partial charge in [-0.2, -0.15) is 0 Å². The summed E-state index contributed by atoms with van der Waals surface area (Å²) in [4.78, 5) is 0. The van der Waals surface area contributed by atoms with Crippen LogP contribution in [0.2, 0.25) is 0 Å². The van der Waals surface area contributed by atoms with Crippen molar-refractivity contribution in [1.82, 2.24) is 0 Å². The van der Waals surface area contributed by atoms with Crippen LogP contribution in [-0.2, 0) is 9.47 Å². The Kier molecular flexibility index (Phi) is 4.70. The molecular formula is C15H19Br2NO2. The third kappa shape index (κ3) is 3.21. The first-order valence-electron chi connectivity index (χ1n) is 7.11. The van der Waals surface area contributed by atoms with Crippen LogP contribution in [-0.4, -0.2) is 31.5 Å². The summed E-state index contributed by atoms with van der Waals surface area (Å²) in [6.45, 7) is 2.48. The maximum absolute atomic E-state index is 6.09. The van der Waals surface area contributed by atoms with E-state index in [1.165, 1.54) is 0 Å². The van der Waals surface area contributed by atoms with Gasteiger partial charge in [-0.15, -0.1) is 0 Å². The summed E-state index contributed by atoms with van der Waals surface area (Å²) in [5.41, 5.74) is 1.17. The quantitative estimate of drug-likeness (QED) is 0.794. The summed E-state index contributed by atoms with van der Waals surface area (Å²) in [5, 5.41) is 3.67. The molecule has 110 valence electrons. The van der Waals surface area contributed by atoms with Crippen LogP contribution in [0.25, 0.3) is 0 Å². The van der Waals surface area contributed by atoms with E-state index in [1.54, 1.807) is 0 Å². The summed E-state index contributed by atoms with van der Waals surface area (Å²) in [7, 11) is 0. The lowest BCUT2D eigenvalue weighted by atomic mass is 9.84. The monoisotopic (exact) mass is 403 g/mol. The van der Waals surface area contributed by atoms with E-state index in [4.69, 9.17) is 9.47 Å². The van der Waals surface area contributed by atoms with Crippen molar-refractivity contribution in [3.05, 3.63) is 27.1 Å². The molecule has 0 aromatic heterocycles. The summed E-state index contributed by atoms with van der Waals surface area (Å²) >= 11 is 7.24. The molecule has 2 fully saturated rings. The van der Waals surface area contributed by atoms with Gasteiger partial charge in [-0.25, -0.2) is 0 Å². The number of rotatable bonds is 2. The maximum atomic E-state index is 6.09. The van der Waals surface area contributed by atoms with Crippen LogP contribution in [0.5, 0.6) is 0 Å². The van der Waals surface area contributed by atoms with Crippen molar-refractivity contribution in [3.63, 3.8) is 0 Å². The molecule has 0 aliphatic carbocycles. The van der Waals surface area contributed by atoms with Crippen LogP contribution in [0, 0.1) is 0 Å². The van der Waals surface area contributed by atoms with Crippen LogP contribution in [0.4, 0.5) is 5.69 Å². The smallest absolute Gasteiger partial charge is 0.0745 e. The molecule has 2 aliphatic heterocycles. The Morgan fingerprint density at radius 3 is 2.50 bits per heavy atom. The maximum Gasteiger partial charge on any atom is 0.0745 e. The van der Waals surface area contributed by atoms with Gasteiger partial charge >= 0.3 is 0 Å². The van der Waals surface area contributed by atoms with Gasteiger partial charge in [-0.3, -0.25) is 0 Å². The second-order valence-electron chi connectivity index (χ2n) is 5.57. The van der Waals surface area contributed by atoms with E-state index >= 15 is 0 Å². The molecular weight excluding hydrogens is 386 g/mol. The van der Waals surface area contributed by atoms with E-state index in [0.29, 0.717) is 6.04 Å². The summed E-state index contributed by atoms with van der Waals surface area (Å²) in [6.07, 6.45) is 4.14. The second-order valence-corrected chi connectivity index (χ2v) is 7.28. The number of nitrogens with one attached hydrogen (secondary N) is 1. The van der Waals surface area contributed by atoms with Gasteiger partial charge in [-0.1, -0.05) is 6.07 Å². The van der Waals surface area contributed by atoms with Crippen molar-refractivity contribution in [2.24, 2.45) is 0 Å². The minimum atomic E-state index is 0.0297. The number of halogens is 2. The third-order valence-electron chi connectivity index (χ3n) is 4.21. The number of hydrogen-bond acceptors (Lipinski definition) is 3.